The van der Waals surface area contributed by atoms with Crippen LogP contribution in [-0.2, 0) is 13.6 Å². The molecule has 0 unspecified atom stereocenters. The number of likely N-dealkylation sites (tertiary alicyclic amines) is 1. The van der Waals surface area contributed by atoms with E-state index >= 15 is 4.39 Å². The van der Waals surface area contributed by atoms with E-state index in [1.807, 2.05) is 32.2 Å². The predicted molar refractivity (Wildman–Crippen MR) is 136 cm³/mol. The van der Waals surface area contributed by atoms with Crippen molar-refractivity contribution in [2.24, 2.45) is 18.7 Å². The highest BCUT2D eigenvalue weighted by atomic mass is 19.1. The molecule has 8 nitrogen and oxygen atoms in total. The number of pyridine rings is 1. The molecule has 1 aliphatic heterocycles. The Labute approximate surface area is 208 Å². The van der Waals surface area contributed by atoms with E-state index in [2.05, 4.69) is 4.57 Å². The second kappa shape index (κ2) is 8.58. The average Bonchev–Trinajstić information content (AvgIpc) is 3.53. The van der Waals surface area contributed by atoms with E-state index in [0.29, 0.717) is 40.8 Å². The predicted octanol–water partition coefficient (Wildman–Crippen LogP) is 4.10. The zero-order valence-corrected chi connectivity index (χ0v) is 20.9. The number of ether oxygens (including phenoxy) is 1. The molecule has 188 valence electrons. The van der Waals surface area contributed by atoms with Gasteiger partial charge in [0.15, 0.2) is 5.82 Å². The second-order valence-corrected chi connectivity index (χ2v) is 10.3. The Balaban J connectivity index is 1.46. The summed E-state index contributed by atoms with van der Waals surface area (Å²) in [6.07, 6.45) is 4.10. The summed E-state index contributed by atoms with van der Waals surface area (Å²) in [6.45, 7) is 3.31. The number of carbonyl (C=O) groups is 1. The molecule has 1 aromatic carbocycles. The van der Waals surface area contributed by atoms with Crippen molar-refractivity contribution >= 4 is 28.0 Å². The number of benzene rings is 1. The van der Waals surface area contributed by atoms with Crippen molar-refractivity contribution in [3.8, 4) is 17.4 Å². The monoisotopic (exact) mass is 490 g/mol. The maximum atomic E-state index is 15.5. The lowest BCUT2D eigenvalue weighted by atomic mass is 9.99. The van der Waals surface area contributed by atoms with Crippen LogP contribution in [0.4, 0.5) is 4.39 Å². The molecule has 1 saturated heterocycles. The summed E-state index contributed by atoms with van der Waals surface area (Å²) < 4.78 is 24.8. The number of aromatic nitrogens is 4. The van der Waals surface area contributed by atoms with Gasteiger partial charge in [-0.1, -0.05) is 0 Å². The van der Waals surface area contributed by atoms with Gasteiger partial charge in [0, 0.05) is 49.2 Å². The number of carbonyl (C=O) groups excluding carboxylic acids is 1. The molecule has 2 N–H and O–H groups in total. The minimum Gasteiger partial charge on any atom is -0.481 e. The number of rotatable bonds is 5. The number of amides is 1. The van der Waals surface area contributed by atoms with Crippen LogP contribution in [-0.4, -0.2) is 55.6 Å². The molecule has 1 amide bonds. The van der Waals surface area contributed by atoms with Gasteiger partial charge in [-0.2, -0.15) is 4.98 Å². The van der Waals surface area contributed by atoms with Crippen LogP contribution in [0, 0.1) is 11.7 Å². The van der Waals surface area contributed by atoms with Crippen LogP contribution in [0.25, 0.3) is 33.6 Å². The molecular weight excluding hydrogens is 459 g/mol. The van der Waals surface area contributed by atoms with Gasteiger partial charge >= 0.3 is 0 Å². The summed E-state index contributed by atoms with van der Waals surface area (Å²) in [5.41, 5.74) is 8.95. The van der Waals surface area contributed by atoms with Crippen LogP contribution in [0.5, 0.6) is 5.88 Å². The summed E-state index contributed by atoms with van der Waals surface area (Å²) in [7, 11) is 3.42. The van der Waals surface area contributed by atoms with Crippen LogP contribution >= 0.6 is 0 Å². The number of nitrogens with zero attached hydrogens (tertiary/aromatic N) is 5. The van der Waals surface area contributed by atoms with Gasteiger partial charge in [-0.05, 0) is 62.8 Å². The van der Waals surface area contributed by atoms with Gasteiger partial charge in [-0.3, -0.25) is 4.79 Å². The minimum atomic E-state index is -0.462. The molecule has 9 heteroatoms. The van der Waals surface area contributed by atoms with E-state index in [1.54, 1.807) is 22.6 Å². The van der Waals surface area contributed by atoms with Crippen LogP contribution in [0.1, 0.15) is 43.0 Å². The van der Waals surface area contributed by atoms with Gasteiger partial charge in [0.2, 0.25) is 5.88 Å². The number of aryl methyl sites for hydroxylation is 1. The Hall–Kier alpha value is -3.46. The SMILES string of the molecule is COc1ccc2cc(-c3nc4cc(C(=O)N5C[C@H](N)CC[C@@H]5C)cc(F)c4n3C)n(CC3CC3)c2n1. The molecule has 0 radical (unpaired) electrons. The number of nitrogens with two attached hydrogens (primary N) is 1. The Morgan fingerprint density at radius 1 is 1.17 bits per heavy atom. The van der Waals surface area contributed by atoms with Crippen molar-refractivity contribution in [3.05, 3.63) is 41.7 Å². The highest BCUT2D eigenvalue weighted by Gasteiger charge is 2.30. The number of methoxy groups -OCH3 is 1. The maximum Gasteiger partial charge on any atom is 0.254 e. The Morgan fingerprint density at radius 2 is 1.97 bits per heavy atom. The maximum absolute atomic E-state index is 15.5. The van der Waals surface area contributed by atoms with E-state index in [0.717, 1.165) is 36.1 Å². The topological polar surface area (TPSA) is 91.2 Å². The molecule has 2 fully saturated rings. The van der Waals surface area contributed by atoms with Crippen molar-refractivity contribution in [3.63, 3.8) is 0 Å². The van der Waals surface area contributed by atoms with Crippen LogP contribution in [0.3, 0.4) is 0 Å². The Kier molecular flexibility index (Phi) is 5.48. The number of fused-ring (bicyclic) bond motifs is 2. The van der Waals surface area contributed by atoms with Gasteiger partial charge in [0.1, 0.15) is 17.0 Å². The summed E-state index contributed by atoms with van der Waals surface area (Å²) in [6, 6.07) is 8.92. The quantitative estimate of drug-likeness (QED) is 0.455. The first-order chi connectivity index (χ1) is 17.3. The van der Waals surface area contributed by atoms with Crippen molar-refractivity contribution in [2.75, 3.05) is 13.7 Å². The fourth-order valence-corrected chi connectivity index (χ4v) is 5.39. The molecule has 0 bridgehead atoms. The van der Waals surface area contributed by atoms with Gasteiger partial charge in [-0.15, -0.1) is 0 Å². The second-order valence-electron chi connectivity index (χ2n) is 10.3. The van der Waals surface area contributed by atoms with Crippen LogP contribution < -0.4 is 10.5 Å². The summed E-state index contributed by atoms with van der Waals surface area (Å²) in [5, 5.41) is 0.977. The molecule has 4 heterocycles. The lowest BCUT2D eigenvalue weighted by Gasteiger charge is -2.36. The third-order valence-electron chi connectivity index (χ3n) is 7.64. The van der Waals surface area contributed by atoms with Crippen molar-refractivity contribution < 1.29 is 13.9 Å². The molecule has 0 spiro atoms. The third kappa shape index (κ3) is 3.82. The van der Waals surface area contributed by atoms with Gasteiger partial charge in [0.25, 0.3) is 5.91 Å². The van der Waals surface area contributed by atoms with E-state index in [-0.39, 0.29) is 18.0 Å². The summed E-state index contributed by atoms with van der Waals surface area (Å²) in [4.78, 5) is 24.6. The van der Waals surface area contributed by atoms with E-state index < -0.39 is 5.82 Å². The van der Waals surface area contributed by atoms with Crippen LogP contribution in [0.15, 0.2) is 30.3 Å². The molecule has 36 heavy (non-hydrogen) atoms. The smallest absolute Gasteiger partial charge is 0.254 e. The molecule has 3 aromatic heterocycles. The highest BCUT2D eigenvalue weighted by Crippen LogP contribution is 2.37. The normalized spacial score (nSPS) is 20.4. The molecule has 1 saturated carbocycles. The molecule has 6 rings (SSSR count). The zero-order valence-electron chi connectivity index (χ0n) is 20.9. The lowest BCUT2D eigenvalue weighted by Crippen LogP contribution is -2.50. The molecule has 2 aliphatic rings. The Bertz CT molecular complexity index is 1490. The number of hydrogen-bond donors (Lipinski definition) is 1. The fraction of sp³-hybridized carbons (Fsp3) is 0.444. The summed E-state index contributed by atoms with van der Waals surface area (Å²) >= 11 is 0. The number of imidazole rings is 1. The molecule has 1 aliphatic carbocycles. The van der Waals surface area contributed by atoms with E-state index in [1.165, 1.54) is 18.9 Å². The van der Waals surface area contributed by atoms with Gasteiger partial charge < -0.3 is 24.5 Å². The van der Waals surface area contributed by atoms with Crippen molar-refractivity contribution in [2.45, 2.75) is 51.2 Å². The highest BCUT2D eigenvalue weighted by molar-refractivity contribution is 5.98. The third-order valence-corrected chi connectivity index (χ3v) is 7.64. The Morgan fingerprint density at radius 3 is 2.72 bits per heavy atom. The van der Waals surface area contributed by atoms with E-state index in [4.69, 9.17) is 20.4 Å². The van der Waals surface area contributed by atoms with Crippen molar-refractivity contribution in [1.29, 1.82) is 0 Å². The van der Waals surface area contributed by atoms with Gasteiger partial charge in [-0.25, -0.2) is 9.37 Å². The first-order valence-corrected chi connectivity index (χ1v) is 12.6. The molecular formula is C27H31FN6O2. The standard InChI is InChI=1S/C27H31FN6O2/c1-15-4-8-19(29)14-33(15)27(35)18-10-20(28)24-21(11-18)30-26(32(24)2)22-12-17-7-9-23(36-3)31-25(17)34(22)13-16-5-6-16/h7,9-12,15-16,19H,4-6,8,13-14,29H2,1-3H3/t15-,19+/m0/s1. The summed E-state index contributed by atoms with van der Waals surface area (Å²) in [5.74, 6) is 1.12. The van der Waals surface area contributed by atoms with Crippen molar-refractivity contribution in [1.82, 2.24) is 24.0 Å². The average molecular weight is 491 g/mol. The number of halogens is 1. The fourth-order valence-electron chi connectivity index (χ4n) is 5.39. The van der Waals surface area contributed by atoms with Crippen LogP contribution in [0.2, 0.25) is 0 Å². The first kappa shape index (κ1) is 23.0. The molecule has 2 atom stereocenters. The largest absolute Gasteiger partial charge is 0.481 e. The molecule has 4 aromatic rings. The first-order valence-electron chi connectivity index (χ1n) is 12.6. The number of piperidine rings is 1. The lowest BCUT2D eigenvalue weighted by molar-refractivity contribution is 0.0612. The minimum absolute atomic E-state index is 0.0548. The number of hydrogen-bond acceptors (Lipinski definition) is 5. The zero-order chi connectivity index (χ0) is 25.1. The van der Waals surface area contributed by atoms with Gasteiger partial charge in [0.05, 0.1) is 18.3 Å². The van der Waals surface area contributed by atoms with E-state index in [9.17, 15) is 4.79 Å².